The number of halogens is 1. The molecular formula is C21H21ClN2O3. The van der Waals surface area contributed by atoms with E-state index in [1.807, 2.05) is 42.5 Å². The number of hydrogen-bond donors (Lipinski definition) is 1. The summed E-state index contributed by atoms with van der Waals surface area (Å²) in [6, 6.07) is 13.3. The number of aromatic nitrogens is 1. The molecule has 1 aliphatic rings. The summed E-state index contributed by atoms with van der Waals surface area (Å²) in [5.41, 5.74) is 2.66. The molecule has 1 saturated heterocycles. The molecule has 1 fully saturated rings. The largest absolute Gasteiger partial charge is 0.497 e. The van der Waals surface area contributed by atoms with Gasteiger partial charge in [0, 0.05) is 52.8 Å². The molecule has 1 N–H and O–H groups in total. The highest BCUT2D eigenvalue weighted by Gasteiger charge is 2.16. The monoisotopic (exact) mass is 384 g/mol. The molecule has 5 nitrogen and oxygen atoms in total. The first kappa shape index (κ1) is 17.9. The van der Waals surface area contributed by atoms with Gasteiger partial charge in [0.05, 0.1) is 18.7 Å². The van der Waals surface area contributed by atoms with Gasteiger partial charge in [-0.2, -0.15) is 0 Å². The first-order valence-electron chi connectivity index (χ1n) is 8.96. The number of methoxy groups -OCH3 is 1. The predicted octanol–water partition coefficient (Wildman–Crippen LogP) is 5.20. The van der Waals surface area contributed by atoms with Crippen molar-refractivity contribution in [2.45, 2.75) is 18.9 Å². The Morgan fingerprint density at radius 2 is 2.07 bits per heavy atom. The minimum absolute atomic E-state index is 0.166. The summed E-state index contributed by atoms with van der Waals surface area (Å²) in [4.78, 5) is 4.39. The van der Waals surface area contributed by atoms with Gasteiger partial charge in [-0.25, -0.2) is 0 Å². The molecule has 2 heterocycles. The third kappa shape index (κ3) is 4.26. The van der Waals surface area contributed by atoms with Crippen LogP contribution in [0.15, 0.2) is 48.7 Å². The van der Waals surface area contributed by atoms with Crippen molar-refractivity contribution in [1.29, 1.82) is 0 Å². The van der Waals surface area contributed by atoms with Crippen LogP contribution in [0.3, 0.4) is 0 Å². The van der Waals surface area contributed by atoms with Gasteiger partial charge in [0.1, 0.15) is 18.1 Å². The lowest BCUT2D eigenvalue weighted by Crippen LogP contribution is -2.16. The number of rotatable bonds is 6. The van der Waals surface area contributed by atoms with Crippen molar-refractivity contribution < 1.29 is 14.2 Å². The molecule has 4 rings (SSSR count). The van der Waals surface area contributed by atoms with Crippen LogP contribution in [0.1, 0.15) is 12.8 Å². The summed E-state index contributed by atoms with van der Waals surface area (Å²) in [5.74, 6) is 1.46. The van der Waals surface area contributed by atoms with Gasteiger partial charge in [-0.3, -0.25) is 4.98 Å². The molecular weight excluding hydrogens is 364 g/mol. The lowest BCUT2D eigenvalue weighted by molar-refractivity contribution is 0.0679. The van der Waals surface area contributed by atoms with Crippen LogP contribution >= 0.6 is 11.6 Å². The normalized spacial score (nSPS) is 16.4. The average Bonchev–Trinajstić information content (AvgIpc) is 3.20. The number of hydrogen-bond acceptors (Lipinski definition) is 5. The maximum absolute atomic E-state index is 6.16. The summed E-state index contributed by atoms with van der Waals surface area (Å²) in [6.45, 7) is 1.36. The minimum atomic E-state index is 0.166. The molecule has 1 aromatic heterocycles. The van der Waals surface area contributed by atoms with Crippen molar-refractivity contribution in [3.05, 3.63) is 53.7 Å². The molecule has 1 atom stereocenters. The molecule has 140 valence electrons. The first-order valence-corrected chi connectivity index (χ1v) is 9.34. The summed E-state index contributed by atoms with van der Waals surface area (Å²) < 4.78 is 17.0. The van der Waals surface area contributed by atoms with E-state index in [0.29, 0.717) is 11.6 Å². The zero-order valence-electron chi connectivity index (χ0n) is 15.1. The highest BCUT2D eigenvalue weighted by atomic mass is 35.5. The van der Waals surface area contributed by atoms with Crippen LogP contribution in [-0.2, 0) is 4.74 Å². The van der Waals surface area contributed by atoms with Crippen molar-refractivity contribution in [2.24, 2.45) is 0 Å². The third-order valence-electron chi connectivity index (χ3n) is 4.56. The fraction of sp³-hybridized carbons (Fsp3) is 0.286. The second-order valence-corrected chi connectivity index (χ2v) is 6.92. The zero-order valence-corrected chi connectivity index (χ0v) is 15.8. The second-order valence-electron chi connectivity index (χ2n) is 6.49. The van der Waals surface area contributed by atoms with E-state index in [9.17, 15) is 0 Å². The van der Waals surface area contributed by atoms with E-state index in [-0.39, 0.29) is 6.10 Å². The molecule has 2 aromatic carbocycles. The summed E-state index contributed by atoms with van der Waals surface area (Å²) >= 11 is 6.16. The van der Waals surface area contributed by atoms with Gasteiger partial charge in [0.2, 0.25) is 0 Å². The lowest BCUT2D eigenvalue weighted by atomic mass is 10.1. The Balaban J connectivity index is 1.59. The molecule has 0 bridgehead atoms. The summed E-state index contributed by atoms with van der Waals surface area (Å²) in [5, 5.41) is 5.05. The van der Waals surface area contributed by atoms with E-state index in [1.54, 1.807) is 13.3 Å². The van der Waals surface area contributed by atoms with E-state index in [2.05, 4.69) is 10.3 Å². The number of nitrogens with zero attached hydrogens (tertiary/aromatic N) is 1. The van der Waals surface area contributed by atoms with Gasteiger partial charge >= 0.3 is 0 Å². The molecule has 0 saturated carbocycles. The molecule has 27 heavy (non-hydrogen) atoms. The number of fused-ring (bicyclic) bond motifs is 1. The van der Waals surface area contributed by atoms with E-state index >= 15 is 0 Å². The molecule has 6 heteroatoms. The van der Waals surface area contributed by atoms with Crippen LogP contribution in [0.2, 0.25) is 5.02 Å². The predicted molar refractivity (Wildman–Crippen MR) is 107 cm³/mol. The Bertz CT molecular complexity index is 942. The van der Waals surface area contributed by atoms with Gasteiger partial charge in [0.25, 0.3) is 0 Å². The number of pyridine rings is 1. The molecule has 0 amide bonds. The lowest BCUT2D eigenvalue weighted by Gasteiger charge is -2.15. The number of anilines is 2. The Labute approximate surface area is 163 Å². The molecule has 1 aliphatic heterocycles. The highest BCUT2D eigenvalue weighted by molar-refractivity contribution is 6.31. The van der Waals surface area contributed by atoms with Gasteiger partial charge in [-0.15, -0.1) is 0 Å². The van der Waals surface area contributed by atoms with Crippen LogP contribution in [-0.4, -0.2) is 31.4 Å². The topological polar surface area (TPSA) is 52.6 Å². The fourth-order valence-corrected chi connectivity index (χ4v) is 3.37. The van der Waals surface area contributed by atoms with E-state index in [1.165, 1.54) is 0 Å². The van der Waals surface area contributed by atoms with Crippen LogP contribution < -0.4 is 14.8 Å². The number of nitrogens with one attached hydrogen (secondary N) is 1. The van der Waals surface area contributed by atoms with Crippen molar-refractivity contribution in [3.63, 3.8) is 0 Å². The van der Waals surface area contributed by atoms with Crippen molar-refractivity contribution >= 4 is 33.9 Å². The standard InChI is InChI=1S/C21H21ClN2O3/c1-25-17-10-15(11-18(12-17)27-13-16-3-2-8-26-16)24-21-6-7-23-20-5-4-14(22)9-19(20)21/h4-7,9-12,16H,2-3,8,13H2,1H3,(H,23,24). The highest BCUT2D eigenvalue weighted by Crippen LogP contribution is 2.32. The average molecular weight is 385 g/mol. The Kier molecular flexibility index (Phi) is 5.32. The maximum Gasteiger partial charge on any atom is 0.125 e. The van der Waals surface area contributed by atoms with Gasteiger partial charge in [-0.05, 0) is 37.1 Å². The Hall–Kier alpha value is -2.50. The molecule has 3 aromatic rings. The quantitative estimate of drug-likeness (QED) is 0.633. The van der Waals surface area contributed by atoms with E-state index < -0.39 is 0 Å². The van der Waals surface area contributed by atoms with Crippen LogP contribution in [0.25, 0.3) is 10.9 Å². The van der Waals surface area contributed by atoms with Crippen molar-refractivity contribution in [2.75, 3.05) is 25.6 Å². The first-order chi connectivity index (χ1) is 13.2. The summed E-state index contributed by atoms with van der Waals surface area (Å²) in [6.07, 6.45) is 4.07. The van der Waals surface area contributed by atoms with Gasteiger partial charge in [0.15, 0.2) is 0 Å². The van der Waals surface area contributed by atoms with Crippen LogP contribution in [0.4, 0.5) is 11.4 Å². The van der Waals surface area contributed by atoms with Crippen LogP contribution in [0.5, 0.6) is 11.5 Å². The molecule has 0 aliphatic carbocycles. The second kappa shape index (κ2) is 8.03. The van der Waals surface area contributed by atoms with Crippen LogP contribution in [0, 0.1) is 0 Å². The summed E-state index contributed by atoms with van der Waals surface area (Å²) in [7, 11) is 1.64. The number of ether oxygens (including phenoxy) is 3. The van der Waals surface area contributed by atoms with Crippen molar-refractivity contribution in [1.82, 2.24) is 4.98 Å². The van der Waals surface area contributed by atoms with Gasteiger partial charge in [-0.1, -0.05) is 11.6 Å². The fourth-order valence-electron chi connectivity index (χ4n) is 3.19. The maximum atomic E-state index is 6.16. The SMILES string of the molecule is COc1cc(Nc2ccnc3ccc(Cl)cc23)cc(OCC2CCCO2)c1. The molecule has 0 spiro atoms. The number of benzene rings is 2. The molecule has 0 radical (unpaired) electrons. The van der Waals surface area contributed by atoms with Crippen molar-refractivity contribution in [3.8, 4) is 11.5 Å². The molecule has 1 unspecified atom stereocenters. The Morgan fingerprint density at radius 3 is 2.89 bits per heavy atom. The Morgan fingerprint density at radius 1 is 1.19 bits per heavy atom. The zero-order chi connectivity index (χ0) is 18.6. The third-order valence-corrected chi connectivity index (χ3v) is 4.79. The smallest absolute Gasteiger partial charge is 0.125 e. The minimum Gasteiger partial charge on any atom is -0.497 e. The van der Waals surface area contributed by atoms with Gasteiger partial charge < -0.3 is 19.5 Å². The van der Waals surface area contributed by atoms with E-state index in [4.69, 9.17) is 25.8 Å². The van der Waals surface area contributed by atoms with E-state index in [0.717, 1.165) is 53.2 Å².